The summed E-state index contributed by atoms with van der Waals surface area (Å²) < 4.78 is 6.43. The Hall–Kier alpha value is -2.38. The molecule has 1 aliphatic carbocycles. The second-order valence-electron chi connectivity index (χ2n) is 11.4. The highest BCUT2D eigenvalue weighted by molar-refractivity contribution is 6.31. The van der Waals surface area contributed by atoms with Gasteiger partial charge in [-0.25, -0.2) is 0 Å². The van der Waals surface area contributed by atoms with Crippen molar-refractivity contribution in [3.63, 3.8) is 0 Å². The van der Waals surface area contributed by atoms with Gasteiger partial charge in [-0.05, 0) is 49.3 Å². The van der Waals surface area contributed by atoms with E-state index in [1.54, 1.807) is 17.0 Å². The third kappa shape index (κ3) is 4.38. The van der Waals surface area contributed by atoms with Gasteiger partial charge in [-0.15, -0.1) is 0 Å². The molecule has 7 nitrogen and oxygen atoms in total. The number of hydrogen-bond donors (Lipinski definition) is 2. The molecule has 3 fully saturated rings. The normalized spacial score (nSPS) is 36.1. The molecule has 0 unspecified atom stereocenters. The standard InChI is InChI=1S/C29H38ClN3O4/c1-5-6-14-33-25(27(35)32-21-9-7-8-16(2)18(21)4)29-13-12-22(37-29)23(24(29)28(33)36)26(34)31-19-11-10-17(3)20(30)15-19/h10-13,15-16,18,21-25H,5-9,14H2,1-4H3,(H,31,34)(H,32,35)/t16-,18-,21-,22-,23-,24-,25+,29+/m1/s1. The van der Waals surface area contributed by atoms with Gasteiger partial charge in [-0.2, -0.15) is 0 Å². The lowest BCUT2D eigenvalue weighted by atomic mass is 9.73. The fraction of sp³-hybridized carbons (Fsp3) is 0.621. The van der Waals surface area contributed by atoms with Gasteiger partial charge < -0.3 is 20.3 Å². The van der Waals surface area contributed by atoms with Crippen molar-refractivity contribution in [2.75, 3.05) is 11.9 Å². The number of likely N-dealkylation sites (tertiary alicyclic amines) is 1. The van der Waals surface area contributed by atoms with Gasteiger partial charge in [0.2, 0.25) is 17.7 Å². The van der Waals surface area contributed by atoms with Crippen molar-refractivity contribution in [1.82, 2.24) is 10.2 Å². The first-order valence-electron chi connectivity index (χ1n) is 13.7. The molecule has 5 rings (SSSR count). The van der Waals surface area contributed by atoms with E-state index >= 15 is 0 Å². The summed E-state index contributed by atoms with van der Waals surface area (Å²) in [5.74, 6) is -1.19. The number of hydrogen-bond acceptors (Lipinski definition) is 4. The molecule has 1 saturated carbocycles. The third-order valence-corrected chi connectivity index (χ3v) is 9.56. The van der Waals surface area contributed by atoms with Crippen molar-refractivity contribution in [3.8, 4) is 0 Å². The largest absolute Gasteiger partial charge is 0.359 e. The number of unbranched alkanes of at least 4 members (excludes halogenated alkanes) is 1. The molecule has 0 radical (unpaired) electrons. The van der Waals surface area contributed by atoms with Crippen LogP contribution < -0.4 is 10.6 Å². The molecule has 200 valence electrons. The molecule has 1 aromatic rings. The zero-order valence-electron chi connectivity index (χ0n) is 22.1. The second-order valence-corrected chi connectivity index (χ2v) is 11.8. The first-order chi connectivity index (χ1) is 17.7. The van der Waals surface area contributed by atoms with Crippen LogP contribution in [0.15, 0.2) is 30.4 Å². The fourth-order valence-electron chi connectivity index (χ4n) is 6.78. The van der Waals surface area contributed by atoms with Crippen molar-refractivity contribution in [2.24, 2.45) is 23.7 Å². The monoisotopic (exact) mass is 527 g/mol. The van der Waals surface area contributed by atoms with E-state index in [1.807, 2.05) is 25.1 Å². The van der Waals surface area contributed by atoms with Gasteiger partial charge in [-0.3, -0.25) is 14.4 Å². The smallest absolute Gasteiger partial charge is 0.246 e. The summed E-state index contributed by atoms with van der Waals surface area (Å²) in [6.45, 7) is 8.85. The van der Waals surface area contributed by atoms with Crippen LogP contribution in [0.4, 0.5) is 5.69 Å². The summed E-state index contributed by atoms with van der Waals surface area (Å²) in [5.41, 5.74) is 0.359. The highest BCUT2D eigenvalue weighted by atomic mass is 35.5. The summed E-state index contributed by atoms with van der Waals surface area (Å²) in [5, 5.41) is 6.79. The number of aryl methyl sites for hydroxylation is 1. The maximum absolute atomic E-state index is 13.9. The summed E-state index contributed by atoms with van der Waals surface area (Å²) in [6.07, 6.45) is 8.03. The van der Waals surface area contributed by atoms with E-state index in [0.29, 0.717) is 29.1 Å². The predicted molar refractivity (Wildman–Crippen MR) is 143 cm³/mol. The van der Waals surface area contributed by atoms with E-state index in [2.05, 4.69) is 31.4 Å². The molecule has 2 N–H and O–H groups in total. The molecular formula is C29H38ClN3O4. The zero-order chi connectivity index (χ0) is 26.5. The molecule has 2 saturated heterocycles. The van der Waals surface area contributed by atoms with E-state index in [4.69, 9.17) is 16.3 Å². The van der Waals surface area contributed by atoms with Crippen LogP contribution in [0.5, 0.6) is 0 Å². The predicted octanol–water partition coefficient (Wildman–Crippen LogP) is 4.48. The SMILES string of the molecule is CCCCN1C(=O)[C@H]2[C@H](C(=O)Nc3ccc(C)c(Cl)c3)[C@H]3C=C[C@@]2(O3)[C@@H]1C(=O)N[C@@H]1CCC[C@@H](C)[C@H]1C. The number of carbonyl (C=O) groups excluding carboxylic acids is 3. The Morgan fingerprint density at radius 3 is 2.73 bits per heavy atom. The minimum Gasteiger partial charge on any atom is -0.359 e. The number of nitrogens with one attached hydrogen (secondary N) is 2. The molecule has 3 aliphatic heterocycles. The Bertz CT molecular complexity index is 1120. The highest BCUT2D eigenvalue weighted by Gasteiger charge is 2.72. The third-order valence-electron chi connectivity index (χ3n) is 9.15. The van der Waals surface area contributed by atoms with Gasteiger partial charge in [0.05, 0.1) is 17.9 Å². The van der Waals surface area contributed by atoms with E-state index in [9.17, 15) is 14.4 Å². The molecule has 4 aliphatic rings. The van der Waals surface area contributed by atoms with E-state index in [1.165, 1.54) is 6.42 Å². The summed E-state index contributed by atoms with van der Waals surface area (Å²) in [7, 11) is 0. The summed E-state index contributed by atoms with van der Waals surface area (Å²) in [4.78, 5) is 43.0. The molecule has 3 amide bonds. The number of benzene rings is 1. The number of halogens is 1. The molecule has 3 heterocycles. The van der Waals surface area contributed by atoms with Crippen molar-refractivity contribution < 1.29 is 19.1 Å². The lowest BCUT2D eigenvalue weighted by Gasteiger charge is -2.38. The topological polar surface area (TPSA) is 87.7 Å². The molecule has 1 aromatic carbocycles. The van der Waals surface area contributed by atoms with Gasteiger partial charge in [0.15, 0.2) is 0 Å². The molecule has 37 heavy (non-hydrogen) atoms. The van der Waals surface area contributed by atoms with Gasteiger partial charge in [0.1, 0.15) is 11.6 Å². The van der Waals surface area contributed by atoms with Gasteiger partial charge in [-0.1, -0.05) is 69.9 Å². The Kier molecular flexibility index (Phi) is 7.14. The van der Waals surface area contributed by atoms with E-state index in [-0.39, 0.29) is 23.8 Å². The lowest BCUT2D eigenvalue weighted by Crippen LogP contribution is -2.58. The Labute approximate surface area is 224 Å². The molecule has 2 bridgehead atoms. The van der Waals surface area contributed by atoms with Crippen LogP contribution in [0.25, 0.3) is 0 Å². The Morgan fingerprint density at radius 2 is 2.00 bits per heavy atom. The van der Waals surface area contributed by atoms with Crippen LogP contribution in [-0.2, 0) is 19.1 Å². The Morgan fingerprint density at radius 1 is 1.22 bits per heavy atom. The first-order valence-corrected chi connectivity index (χ1v) is 14.1. The maximum Gasteiger partial charge on any atom is 0.246 e. The van der Waals surface area contributed by atoms with Gasteiger partial charge >= 0.3 is 0 Å². The molecular weight excluding hydrogens is 490 g/mol. The molecule has 8 heteroatoms. The van der Waals surface area contributed by atoms with E-state index in [0.717, 1.165) is 31.2 Å². The fourth-order valence-corrected chi connectivity index (χ4v) is 6.96. The summed E-state index contributed by atoms with van der Waals surface area (Å²) >= 11 is 6.26. The minimum absolute atomic E-state index is 0.0720. The average molecular weight is 528 g/mol. The van der Waals surface area contributed by atoms with E-state index < -0.39 is 29.6 Å². The van der Waals surface area contributed by atoms with Gasteiger partial charge in [0, 0.05) is 23.3 Å². The molecule has 8 atom stereocenters. The maximum atomic E-state index is 13.9. The number of fused-ring (bicyclic) bond motifs is 1. The quantitative estimate of drug-likeness (QED) is 0.512. The average Bonchev–Trinajstić information content (AvgIpc) is 3.50. The van der Waals surface area contributed by atoms with Crippen LogP contribution in [-0.4, -0.2) is 53.0 Å². The Balaban J connectivity index is 1.42. The number of ether oxygens (including phenoxy) is 1. The first kappa shape index (κ1) is 26.2. The van der Waals surface area contributed by atoms with Crippen LogP contribution in [0, 0.1) is 30.6 Å². The van der Waals surface area contributed by atoms with Gasteiger partial charge in [0.25, 0.3) is 0 Å². The highest BCUT2D eigenvalue weighted by Crippen LogP contribution is 2.55. The lowest BCUT2D eigenvalue weighted by molar-refractivity contribution is -0.141. The zero-order valence-corrected chi connectivity index (χ0v) is 22.9. The second kappa shape index (κ2) is 10.1. The van der Waals surface area contributed by atoms with Crippen LogP contribution >= 0.6 is 11.6 Å². The summed E-state index contributed by atoms with van der Waals surface area (Å²) in [6, 6.07) is 4.64. The van der Waals surface area contributed by atoms with Crippen LogP contribution in [0.1, 0.15) is 58.4 Å². The number of rotatable bonds is 7. The molecule has 0 aromatic heterocycles. The number of nitrogens with zero attached hydrogens (tertiary/aromatic N) is 1. The van der Waals surface area contributed by atoms with Crippen molar-refractivity contribution in [1.29, 1.82) is 0 Å². The number of anilines is 1. The van der Waals surface area contributed by atoms with Crippen LogP contribution in [0.3, 0.4) is 0 Å². The van der Waals surface area contributed by atoms with Crippen molar-refractivity contribution in [2.45, 2.75) is 83.6 Å². The number of carbonyl (C=O) groups is 3. The molecule has 1 spiro atoms. The van der Waals surface area contributed by atoms with Crippen LogP contribution in [0.2, 0.25) is 5.02 Å². The van der Waals surface area contributed by atoms with Crippen molar-refractivity contribution >= 4 is 35.0 Å². The number of amides is 3. The minimum atomic E-state index is -1.13. The van der Waals surface area contributed by atoms with Crippen molar-refractivity contribution in [3.05, 3.63) is 40.9 Å².